The van der Waals surface area contributed by atoms with Crippen molar-refractivity contribution in [3.63, 3.8) is 0 Å². The zero-order valence-corrected chi connectivity index (χ0v) is 7.88. The third kappa shape index (κ3) is 1.49. The summed E-state index contributed by atoms with van der Waals surface area (Å²) >= 11 is 0. The van der Waals surface area contributed by atoms with Crippen LogP contribution < -0.4 is 5.73 Å². The van der Waals surface area contributed by atoms with Crippen molar-refractivity contribution in [2.24, 2.45) is 12.8 Å². The number of aromatic nitrogens is 4. The van der Waals surface area contributed by atoms with Crippen molar-refractivity contribution in [2.45, 2.75) is 6.54 Å². The maximum Gasteiger partial charge on any atom is 0.181 e. The van der Waals surface area contributed by atoms with Gasteiger partial charge in [0.15, 0.2) is 5.82 Å². The van der Waals surface area contributed by atoms with Gasteiger partial charge in [0.25, 0.3) is 0 Å². The molecule has 1 heterocycles. The number of aryl methyl sites for hydroxylation is 1. The van der Waals surface area contributed by atoms with E-state index in [0.717, 1.165) is 17.0 Å². The lowest BCUT2D eigenvalue weighted by Gasteiger charge is -2.00. The van der Waals surface area contributed by atoms with Crippen LogP contribution in [0.1, 0.15) is 5.56 Å². The molecule has 0 amide bonds. The molecule has 14 heavy (non-hydrogen) atoms. The smallest absolute Gasteiger partial charge is 0.181 e. The van der Waals surface area contributed by atoms with Gasteiger partial charge in [-0.25, -0.2) is 4.68 Å². The molecule has 5 heteroatoms. The zero-order chi connectivity index (χ0) is 9.97. The Morgan fingerprint density at radius 2 is 2.00 bits per heavy atom. The molecule has 1 aromatic carbocycles. The van der Waals surface area contributed by atoms with E-state index < -0.39 is 0 Å². The van der Waals surface area contributed by atoms with Gasteiger partial charge in [0.2, 0.25) is 0 Å². The number of hydrogen-bond donors (Lipinski definition) is 1. The van der Waals surface area contributed by atoms with Crippen molar-refractivity contribution in [3.05, 3.63) is 29.8 Å². The van der Waals surface area contributed by atoms with E-state index in [1.54, 1.807) is 4.68 Å². The summed E-state index contributed by atoms with van der Waals surface area (Å²) in [5.41, 5.74) is 7.60. The second-order valence-corrected chi connectivity index (χ2v) is 3.03. The number of nitrogens with two attached hydrogens (primary N) is 1. The normalized spacial score (nSPS) is 10.4. The molecule has 0 radical (unpaired) electrons. The molecule has 5 nitrogen and oxygen atoms in total. The van der Waals surface area contributed by atoms with E-state index in [4.69, 9.17) is 5.73 Å². The highest BCUT2D eigenvalue weighted by Crippen LogP contribution is 2.14. The standard InChI is InChI=1S/C9H11N5/c1-14-9(11-12-13-14)8-4-2-7(6-10)3-5-8/h2-5H,6,10H2,1H3. The van der Waals surface area contributed by atoms with E-state index in [1.165, 1.54) is 0 Å². The highest BCUT2D eigenvalue weighted by atomic mass is 15.5. The molecule has 0 aliphatic rings. The largest absolute Gasteiger partial charge is 0.326 e. The SMILES string of the molecule is Cn1nnnc1-c1ccc(CN)cc1. The van der Waals surface area contributed by atoms with Gasteiger partial charge in [0.05, 0.1) is 0 Å². The van der Waals surface area contributed by atoms with Crippen LogP contribution in [0.3, 0.4) is 0 Å². The number of tetrazole rings is 1. The topological polar surface area (TPSA) is 69.6 Å². The molecule has 0 saturated heterocycles. The predicted octanol–water partition coefficient (Wildman–Crippen LogP) is 0.336. The first kappa shape index (κ1) is 8.83. The van der Waals surface area contributed by atoms with Crippen LogP contribution in [0.5, 0.6) is 0 Å². The fraction of sp³-hybridized carbons (Fsp3) is 0.222. The van der Waals surface area contributed by atoms with Gasteiger partial charge in [-0.15, -0.1) is 5.10 Å². The van der Waals surface area contributed by atoms with Crippen molar-refractivity contribution < 1.29 is 0 Å². The van der Waals surface area contributed by atoms with Gasteiger partial charge in [0, 0.05) is 19.2 Å². The van der Waals surface area contributed by atoms with E-state index in [9.17, 15) is 0 Å². The molecule has 0 spiro atoms. The van der Waals surface area contributed by atoms with E-state index >= 15 is 0 Å². The Bertz CT molecular complexity index is 417. The van der Waals surface area contributed by atoms with Crippen LogP contribution in [-0.4, -0.2) is 20.2 Å². The van der Waals surface area contributed by atoms with Crippen LogP contribution in [0.2, 0.25) is 0 Å². The third-order valence-electron chi connectivity index (χ3n) is 2.07. The molecule has 0 aliphatic heterocycles. The highest BCUT2D eigenvalue weighted by molar-refractivity contribution is 5.54. The first-order valence-corrected chi connectivity index (χ1v) is 4.33. The maximum absolute atomic E-state index is 5.50. The summed E-state index contributed by atoms with van der Waals surface area (Å²) in [5, 5.41) is 11.3. The molecule has 2 N–H and O–H groups in total. The number of benzene rings is 1. The Kier molecular flexibility index (Phi) is 2.24. The summed E-state index contributed by atoms with van der Waals surface area (Å²) in [4.78, 5) is 0. The highest BCUT2D eigenvalue weighted by Gasteiger charge is 2.04. The van der Waals surface area contributed by atoms with Crippen LogP contribution >= 0.6 is 0 Å². The van der Waals surface area contributed by atoms with E-state index in [0.29, 0.717) is 6.54 Å². The molecule has 2 rings (SSSR count). The second-order valence-electron chi connectivity index (χ2n) is 3.03. The van der Waals surface area contributed by atoms with Gasteiger partial charge in [0.1, 0.15) is 0 Å². The van der Waals surface area contributed by atoms with Gasteiger partial charge in [-0.1, -0.05) is 24.3 Å². The van der Waals surface area contributed by atoms with Crippen LogP contribution in [0.4, 0.5) is 0 Å². The molecule has 2 aromatic rings. The van der Waals surface area contributed by atoms with E-state index in [2.05, 4.69) is 15.5 Å². The Morgan fingerprint density at radius 1 is 1.29 bits per heavy atom. The fourth-order valence-corrected chi connectivity index (χ4v) is 1.26. The molecule has 0 fully saturated rings. The molecule has 1 aromatic heterocycles. The van der Waals surface area contributed by atoms with Crippen molar-refractivity contribution >= 4 is 0 Å². The van der Waals surface area contributed by atoms with Crippen LogP contribution in [0.25, 0.3) is 11.4 Å². The summed E-state index contributed by atoms with van der Waals surface area (Å²) in [6, 6.07) is 7.88. The summed E-state index contributed by atoms with van der Waals surface area (Å²) < 4.78 is 1.64. The predicted molar refractivity (Wildman–Crippen MR) is 52.1 cm³/mol. The summed E-state index contributed by atoms with van der Waals surface area (Å²) in [7, 11) is 1.81. The monoisotopic (exact) mass is 189 g/mol. The van der Waals surface area contributed by atoms with Crippen molar-refractivity contribution in [1.29, 1.82) is 0 Å². The first-order valence-electron chi connectivity index (χ1n) is 4.33. The number of nitrogens with zero attached hydrogens (tertiary/aromatic N) is 4. The molecular formula is C9H11N5. The van der Waals surface area contributed by atoms with Crippen LogP contribution in [0.15, 0.2) is 24.3 Å². The lowest BCUT2D eigenvalue weighted by atomic mass is 10.1. The quantitative estimate of drug-likeness (QED) is 0.739. The molecular weight excluding hydrogens is 178 g/mol. The van der Waals surface area contributed by atoms with E-state index in [-0.39, 0.29) is 0 Å². The minimum Gasteiger partial charge on any atom is -0.326 e. The summed E-state index contributed by atoms with van der Waals surface area (Å²) in [5.74, 6) is 0.758. The first-order chi connectivity index (χ1) is 6.81. The fourth-order valence-electron chi connectivity index (χ4n) is 1.26. The lowest BCUT2D eigenvalue weighted by Crippen LogP contribution is -1.97. The van der Waals surface area contributed by atoms with Gasteiger partial charge in [-0.3, -0.25) is 0 Å². The van der Waals surface area contributed by atoms with Gasteiger partial charge in [-0.05, 0) is 16.0 Å². The number of rotatable bonds is 2. The molecule has 0 atom stereocenters. The molecule has 0 unspecified atom stereocenters. The third-order valence-corrected chi connectivity index (χ3v) is 2.07. The maximum atomic E-state index is 5.50. The average molecular weight is 189 g/mol. The van der Waals surface area contributed by atoms with Gasteiger partial charge < -0.3 is 5.73 Å². The average Bonchev–Trinajstić information content (AvgIpc) is 2.65. The minimum absolute atomic E-state index is 0.553. The minimum atomic E-state index is 0.553. The second kappa shape index (κ2) is 3.55. The Balaban J connectivity index is 2.39. The Labute approximate surface area is 81.5 Å². The Hall–Kier alpha value is -1.75. The van der Waals surface area contributed by atoms with Crippen LogP contribution in [-0.2, 0) is 13.6 Å². The molecule has 0 saturated carbocycles. The molecule has 0 bridgehead atoms. The van der Waals surface area contributed by atoms with Crippen molar-refractivity contribution in [3.8, 4) is 11.4 Å². The summed E-state index contributed by atoms with van der Waals surface area (Å²) in [6.07, 6.45) is 0. The van der Waals surface area contributed by atoms with E-state index in [1.807, 2.05) is 31.3 Å². The molecule has 0 aliphatic carbocycles. The lowest BCUT2D eigenvalue weighted by molar-refractivity contribution is 0.714. The Morgan fingerprint density at radius 3 is 2.50 bits per heavy atom. The van der Waals surface area contributed by atoms with Crippen molar-refractivity contribution in [2.75, 3.05) is 0 Å². The van der Waals surface area contributed by atoms with Gasteiger partial charge >= 0.3 is 0 Å². The van der Waals surface area contributed by atoms with Crippen LogP contribution in [0, 0.1) is 0 Å². The van der Waals surface area contributed by atoms with Gasteiger partial charge in [-0.2, -0.15) is 0 Å². The number of hydrogen-bond acceptors (Lipinski definition) is 4. The van der Waals surface area contributed by atoms with Crippen molar-refractivity contribution in [1.82, 2.24) is 20.2 Å². The molecule has 72 valence electrons. The zero-order valence-electron chi connectivity index (χ0n) is 7.88. The summed E-state index contributed by atoms with van der Waals surface area (Å²) in [6.45, 7) is 0.553.